The lowest BCUT2D eigenvalue weighted by Gasteiger charge is -2.14. The Bertz CT molecular complexity index is 818. The Kier molecular flexibility index (Phi) is 6.32. The second kappa shape index (κ2) is 8.66. The molecule has 0 heterocycles. The topological polar surface area (TPSA) is 96.5 Å². The smallest absolute Gasteiger partial charge is 0.314 e. The van der Waals surface area contributed by atoms with Crippen molar-refractivity contribution in [1.82, 2.24) is 0 Å². The highest BCUT2D eigenvalue weighted by molar-refractivity contribution is 6.43. The van der Waals surface area contributed by atoms with Crippen LogP contribution < -0.4 is 20.7 Å². The highest BCUT2D eigenvalue weighted by atomic mass is 16.5. The van der Waals surface area contributed by atoms with Crippen LogP contribution in [-0.4, -0.2) is 23.8 Å². The van der Waals surface area contributed by atoms with Gasteiger partial charge in [0, 0.05) is 18.3 Å². The highest BCUT2D eigenvalue weighted by Gasteiger charge is 2.16. The van der Waals surface area contributed by atoms with E-state index in [9.17, 15) is 14.4 Å². The van der Waals surface area contributed by atoms with Crippen LogP contribution >= 0.6 is 0 Å². The van der Waals surface area contributed by atoms with Crippen molar-refractivity contribution in [2.75, 3.05) is 16.0 Å². The number of hydrogen-bond acceptors (Lipinski definition) is 4. The van der Waals surface area contributed by atoms with Crippen LogP contribution in [0.25, 0.3) is 0 Å². The summed E-state index contributed by atoms with van der Waals surface area (Å²) in [6.45, 7) is 5.12. The summed E-state index contributed by atoms with van der Waals surface area (Å²) in [5.41, 5.74) is 1.32. The molecule has 0 aromatic heterocycles. The second-order valence-electron chi connectivity index (χ2n) is 5.83. The lowest BCUT2D eigenvalue weighted by molar-refractivity contribution is -0.133. The van der Waals surface area contributed by atoms with Crippen molar-refractivity contribution in [2.45, 2.75) is 26.9 Å². The van der Waals surface area contributed by atoms with Crippen LogP contribution in [0.4, 0.5) is 17.1 Å². The molecule has 7 heteroatoms. The lowest BCUT2D eigenvalue weighted by Crippen LogP contribution is -2.29. The van der Waals surface area contributed by atoms with Crippen LogP contribution in [0.1, 0.15) is 20.8 Å². The maximum Gasteiger partial charge on any atom is 0.314 e. The quantitative estimate of drug-likeness (QED) is 0.718. The van der Waals surface area contributed by atoms with Crippen LogP contribution in [0.2, 0.25) is 0 Å². The van der Waals surface area contributed by atoms with Gasteiger partial charge in [-0.1, -0.05) is 18.2 Å². The van der Waals surface area contributed by atoms with Gasteiger partial charge < -0.3 is 20.7 Å². The SMILES string of the molecule is CC(=O)Nc1cccc(NC(=O)C(=O)Nc2ccccc2OC(C)C)c1. The molecular weight excluding hydrogens is 334 g/mol. The van der Waals surface area contributed by atoms with E-state index in [1.807, 2.05) is 13.8 Å². The Balaban J connectivity index is 2.05. The number of benzene rings is 2. The number of para-hydroxylation sites is 2. The zero-order chi connectivity index (χ0) is 19.1. The van der Waals surface area contributed by atoms with Crippen molar-refractivity contribution in [3.05, 3.63) is 48.5 Å². The van der Waals surface area contributed by atoms with Crippen LogP contribution in [0.15, 0.2) is 48.5 Å². The molecule has 26 heavy (non-hydrogen) atoms. The van der Waals surface area contributed by atoms with Crippen LogP contribution in [-0.2, 0) is 14.4 Å². The van der Waals surface area contributed by atoms with E-state index in [0.29, 0.717) is 22.8 Å². The summed E-state index contributed by atoms with van der Waals surface area (Å²) in [7, 11) is 0. The number of carbonyl (C=O) groups excluding carboxylic acids is 3. The highest BCUT2D eigenvalue weighted by Crippen LogP contribution is 2.25. The minimum atomic E-state index is -0.829. The molecule has 3 N–H and O–H groups in total. The summed E-state index contributed by atoms with van der Waals surface area (Å²) in [4.78, 5) is 35.4. The van der Waals surface area contributed by atoms with Gasteiger partial charge in [-0.05, 0) is 44.2 Å². The molecule has 3 amide bonds. The molecule has 0 spiro atoms. The molecule has 7 nitrogen and oxygen atoms in total. The Hall–Kier alpha value is -3.35. The molecule has 0 bridgehead atoms. The lowest BCUT2D eigenvalue weighted by atomic mass is 10.2. The molecule has 136 valence electrons. The van der Waals surface area contributed by atoms with E-state index < -0.39 is 11.8 Å². The summed E-state index contributed by atoms with van der Waals surface area (Å²) >= 11 is 0. The predicted molar refractivity (Wildman–Crippen MR) is 100 cm³/mol. The van der Waals surface area contributed by atoms with E-state index >= 15 is 0 Å². The maximum atomic E-state index is 12.2. The minimum Gasteiger partial charge on any atom is -0.489 e. The number of rotatable bonds is 5. The number of hydrogen-bond donors (Lipinski definition) is 3. The molecule has 0 saturated carbocycles. The Labute approximate surface area is 151 Å². The molecule has 2 aromatic rings. The first-order valence-electron chi connectivity index (χ1n) is 8.11. The molecule has 0 aliphatic rings. The zero-order valence-corrected chi connectivity index (χ0v) is 14.8. The van der Waals surface area contributed by atoms with Crippen molar-refractivity contribution >= 4 is 34.8 Å². The van der Waals surface area contributed by atoms with Gasteiger partial charge in [-0.15, -0.1) is 0 Å². The van der Waals surface area contributed by atoms with E-state index in [-0.39, 0.29) is 12.0 Å². The van der Waals surface area contributed by atoms with Crippen LogP contribution in [0, 0.1) is 0 Å². The first-order chi connectivity index (χ1) is 12.3. The average Bonchev–Trinajstić information content (AvgIpc) is 2.55. The molecule has 0 radical (unpaired) electrons. The second-order valence-corrected chi connectivity index (χ2v) is 5.83. The monoisotopic (exact) mass is 355 g/mol. The predicted octanol–water partition coefficient (Wildman–Crippen LogP) is 3.01. The Morgan fingerprint density at radius 2 is 1.46 bits per heavy atom. The van der Waals surface area contributed by atoms with Crippen LogP contribution in [0.3, 0.4) is 0 Å². The third-order valence-corrected chi connectivity index (χ3v) is 3.14. The van der Waals surface area contributed by atoms with Crippen molar-refractivity contribution in [1.29, 1.82) is 0 Å². The molecule has 0 aliphatic carbocycles. The largest absolute Gasteiger partial charge is 0.489 e. The normalized spacial score (nSPS) is 10.2. The van der Waals surface area contributed by atoms with E-state index in [2.05, 4.69) is 16.0 Å². The third-order valence-electron chi connectivity index (χ3n) is 3.14. The van der Waals surface area contributed by atoms with Crippen molar-refractivity contribution < 1.29 is 19.1 Å². The summed E-state index contributed by atoms with van der Waals surface area (Å²) in [6, 6.07) is 13.4. The zero-order valence-electron chi connectivity index (χ0n) is 14.8. The summed E-state index contributed by atoms with van der Waals surface area (Å²) in [6.07, 6.45) is -0.0709. The molecule has 0 fully saturated rings. The van der Waals surface area contributed by atoms with Gasteiger partial charge in [0.2, 0.25) is 5.91 Å². The number of ether oxygens (including phenoxy) is 1. The number of anilines is 3. The van der Waals surface area contributed by atoms with Gasteiger partial charge in [0.25, 0.3) is 0 Å². The number of carbonyl (C=O) groups is 3. The van der Waals surface area contributed by atoms with Gasteiger partial charge >= 0.3 is 11.8 Å². The summed E-state index contributed by atoms with van der Waals surface area (Å²) < 4.78 is 5.61. The fourth-order valence-corrected chi connectivity index (χ4v) is 2.17. The third kappa shape index (κ3) is 5.62. The molecule has 0 aliphatic heterocycles. The molecule has 0 unspecified atom stereocenters. The van der Waals surface area contributed by atoms with Gasteiger partial charge in [-0.25, -0.2) is 0 Å². The van der Waals surface area contributed by atoms with Gasteiger partial charge in [-0.2, -0.15) is 0 Å². The van der Waals surface area contributed by atoms with Crippen LogP contribution in [0.5, 0.6) is 5.75 Å². The molecular formula is C19H21N3O4. The van der Waals surface area contributed by atoms with Gasteiger partial charge in [0.15, 0.2) is 0 Å². The van der Waals surface area contributed by atoms with Gasteiger partial charge in [-0.3, -0.25) is 14.4 Å². The molecule has 2 aromatic carbocycles. The van der Waals surface area contributed by atoms with E-state index in [1.54, 1.807) is 48.5 Å². The van der Waals surface area contributed by atoms with Crippen molar-refractivity contribution in [3.8, 4) is 5.75 Å². The maximum absolute atomic E-state index is 12.2. The number of nitrogens with one attached hydrogen (secondary N) is 3. The van der Waals surface area contributed by atoms with Gasteiger partial charge in [0.05, 0.1) is 11.8 Å². The van der Waals surface area contributed by atoms with Crippen molar-refractivity contribution in [2.24, 2.45) is 0 Å². The molecule has 0 saturated heterocycles. The van der Waals surface area contributed by atoms with E-state index in [0.717, 1.165) is 0 Å². The Morgan fingerprint density at radius 1 is 0.846 bits per heavy atom. The first kappa shape index (κ1) is 19.0. The molecule has 2 rings (SSSR count). The fraction of sp³-hybridized carbons (Fsp3) is 0.211. The van der Waals surface area contributed by atoms with Crippen molar-refractivity contribution in [3.63, 3.8) is 0 Å². The average molecular weight is 355 g/mol. The minimum absolute atomic E-state index is 0.0709. The molecule has 0 atom stereocenters. The van der Waals surface area contributed by atoms with E-state index in [1.165, 1.54) is 6.92 Å². The standard InChI is InChI=1S/C19H21N3O4/c1-12(2)26-17-10-5-4-9-16(17)22-19(25)18(24)21-15-8-6-7-14(11-15)20-13(3)23/h4-12H,1-3H3,(H,20,23)(H,21,24)(H,22,25). The summed E-state index contributed by atoms with van der Waals surface area (Å²) in [5.74, 6) is -1.40. The number of amides is 3. The van der Waals surface area contributed by atoms with E-state index in [4.69, 9.17) is 4.74 Å². The first-order valence-corrected chi connectivity index (χ1v) is 8.11. The fourth-order valence-electron chi connectivity index (χ4n) is 2.17. The van der Waals surface area contributed by atoms with Gasteiger partial charge in [0.1, 0.15) is 5.75 Å². The Morgan fingerprint density at radius 3 is 2.12 bits per heavy atom. The summed E-state index contributed by atoms with van der Waals surface area (Å²) in [5, 5.41) is 7.64.